The molecule has 0 aliphatic carbocycles. The Morgan fingerprint density at radius 1 is 1.29 bits per heavy atom. The fourth-order valence-corrected chi connectivity index (χ4v) is 2.21. The van der Waals surface area contributed by atoms with Gasteiger partial charge in [-0.3, -0.25) is 4.79 Å². The summed E-state index contributed by atoms with van der Waals surface area (Å²) in [5.74, 6) is 1.32. The molecule has 0 radical (unpaired) electrons. The van der Waals surface area contributed by atoms with E-state index in [0.29, 0.717) is 23.5 Å². The quantitative estimate of drug-likeness (QED) is 0.749. The first-order valence-corrected chi connectivity index (χ1v) is 6.38. The molecule has 0 spiro atoms. The van der Waals surface area contributed by atoms with Crippen molar-refractivity contribution in [1.29, 1.82) is 0 Å². The zero-order chi connectivity index (χ0) is 12.8. The molecular weight excluding hydrogens is 284 g/mol. The van der Waals surface area contributed by atoms with Crippen LogP contribution in [0.4, 0.5) is 0 Å². The van der Waals surface area contributed by atoms with E-state index < -0.39 is 0 Å². The number of carbonyl (C=O) groups is 1. The second-order valence-electron chi connectivity index (χ2n) is 3.71. The summed E-state index contributed by atoms with van der Waals surface area (Å²) >= 11 is 3.39. The lowest BCUT2D eigenvalue weighted by Gasteiger charge is -2.11. The number of hydrogen-bond donors (Lipinski definition) is 0. The average Bonchev–Trinajstić information content (AvgIpc) is 2.34. The lowest BCUT2D eigenvalue weighted by molar-refractivity contribution is 0.0976. The minimum absolute atomic E-state index is 0.0956. The van der Waals surface area contributed by atoms with Crippen LogP contribution in [0.2, 0.25) is 0 Å². The summed E-state index contributed by atoms with van der Waals surface area (Å²) in [6.45, 7) is 2.06. The SMILES string of the molecule is CCCCC(=O)c1c(Br)cc(OC)cc1OC. The predicted molar refractivity (Wildman–Crippen MR) is 71.1 cm³/mol. The first kappa shape index (κ1) is 14.0. The molecule has 0 N–H and O–H groups in total. The van der Waals surface area contributed by atoms with Crippen LogP contribution in [-0.2, 0) is 0 Å². The fraction of sp³-hybridized carbons (Fsp3) is 0.462. The summed E-state index contributed by atoms with van der Waals surface area (Å²) in [7, 11) is 3.14. The van der Waals surface area contributed by atoms with E-state index in [1.54, 1.807) is 26.4 Å². The van der Waals surface area contributed by atoms with E-state index >= 15 is 0 Å². The zero-order valence-corrected chi connectivity index (χ0v) is 12.0. The van der Waals surface area contributed by atoms with Crippen molar-refractivity contribution in [3.05, 3.63) is 22.2 Å². The van der Waals surface area contributed by atoms with E-state index in [1.165, 1.54) is 0 Å². The van der Waals surface area contributed by atoms with Gasteiger partial charge in [-0.05, 0) is 28.4 Å². The van der Waals surface area contributed by atoms with E-state index in [2.05, 4.69) is 22.9 Å². The van der Waals surface area contributed by atoms with Crippen LogP contribution in [0.15, 0.2) is 16.6 Å². The van der Waals surface area contributed by atoms with Crippen molar-refractivity contribution in [1.82, 2.24) is 0 Å². The van der Waals surface area contributed by atoms with Crippen molar-refractivity contribution in [2.75, 3.05) is 14.2 Å². The number of ketones is 1. The number of Topliss-reactive ketones (excluding diaryl/α,β-unsaturated/α-hetero) is 1. The van der Waals surface area contributed by atoms with Gasteiger partial charge in [-0.25, -0.2) is 0 Å². The molecule has 0 heterocycles. The fourth-order valence-electron chi connectivity index (χ4n) is 1.57. The van der Waals surface area contributed by atoms with Gasteiger partial charge in [-0.15, -0.1) is 0 Å². The van der Waals surface area contributed by atoms with Crippen LogP contribution in [0.5, 0.6) is 11.5 Å². The van der Waals surface area contributed by atoms with Gasteiger partial charge in [-0.1, -0.05) is 13.3 Å². The number of benzene rings is 1. The number of hydrogen-bond acceptors (Lipinski definition) is 3. The maximum Gasteiger partial charge on any atom is 0.167 e. The topological polar surface area (TPSA) is 35.5 Å². The number of unbranched alkanes of at least 4 members (excludes halogenated alkanes) is 1. The van der Waals surface area contributed by atoms with E-state index in [9.17, 15) is 4.79 Å². The predicted octanol–water partition coefficient (Wildman–Crippen LogP) is 3.84. The summed E-state index contributed by atoms with van der Waals surface area (Å²) in [4.78, 5) is 12.1. The van der Waals surface area contributed by atoms with Crippen molar-refractivity contribution in [2.24, 2.45) is 0 Å². The molecule has 0 saturated carbocycles. The minimum Gasteiger partial charge on any atom is -0.497 e. The maximum atomic E-state index is 12.1. The molecule has 3 nitrogen and oxygen atoms in total. The number of carbonyl (C=O) groups excluding carboxylic acids is 1. The minimum atomic E-state index is 0.0956. The normalized spacial score (nSPS) is 10.1. The van der Waals surface area contributed by atoms with Gasteiger partial charge in [-0.2, -0.15) is 0 Å². The van der Waals surface area contributed by atoms with Crippen LogP contribution in [0.3, 0.4) is 0 Å². The number of ether oxygens (including phenoxy) is 2. The highest BCUT2D eigenvalue weighted by Crippen LogP contribution is 2.33. The Labute approximate surface area is 110 Å². The van der Waals surface area contributed by atoms with Crippen molar-refractivity contribution >= 4 is 21.7 Å². The third-order valence-electron chi connectivity index (χ3n) is 2.52. The van der Waals surface area contributed by atoms with E-state index in [-0.39, 0.29) is 5.78 Å². The van der Waals surface area contributed by atoms with Crippen LogP contribution in [-0.4, -0.2) is 20.0 Å². The maximum absolute atomic E-state index is 12.1. The van der Waals surface area contributed by atoms with Crippen molar-refractivity contribution in [3.8, 4) is 11.5 Å². The summed E-state index contributed by atoms with van der Waals surface area (Å²) < 4.78 is 11.1. The molecule has 4 heteroatoms. The highest BCUT2D eigenvalue weighted by molar-refractivity contribution is 9.10. The summed E-state index contributed by atoms with van der Waals surface area (Å²) in [6, 6.07) is 3.51. The molecule has 17 heavy (non-hydrogen) atoms. The Morgan fingerprint density at radius 2 is 2.00 bits per heavy atom. The van der Waals surface area contributed by atoms with Crippen molar-refractivity contribution in [3.63, 3.8) is 0 Å². The molecule has 0 saturated heterocycles. The van der Waals surface area contributed by atoms with Crippen LogP contribution in [0, 0.1) is 0 Å². The largest absolute Gasteiger partial charge is 0.497 e. The molecule has 0 unspecified atom stereocenters. The van der Waals surface area contributed by atoms with Crippen molar-refractivity contribution < 1.29 is 14.3 Å². The molecule has 94 valence electrons. The Morgan fingerprint density at radius 3 is 2.53 bits per heavy atom. The van der Waals surface area contributed by atoms with E-state index in [1.807, 2.05) is 0 Å². The number of halogens is 1. The summed E-state index contributed by atoms with van der Waals surface area (Å²) in [6.07, 6.45) is 2.43. The molecule has 0 fully saturated rings. The van der Waals surface area contributed by atoms with Gasteiger partial charge in [0.05, 0.1) is 19.8 Å². The number of methoxy groups -OCH3 is 2. The lowest BCUT2D eigenvalue weighted by Crippen LogP contribution is -2.04. The smallest absolute Gasteiger partial charge is 0.167 e. The molecule has 0 aliphatic heterocycles. The Balaban J connectivity index is 3.09. The van der Waals surface area contributed by atoms with Crippen LogP contribution in [0.1, 0.15) is 36.5 Å². The molecular formula is C13H17BrO3. The van der Waals surface area contributed by atoms with E-state index in [0.717, 1.165) is 17.3 Å². The second-order valence-corrected chi connectivity index (χ2v) is 4.57. The first-order valence-electron chi connectivity index (χ1n) is 5.58. The summed E-state index contributed by atoms with van der Waals surface area (Å²) in [5.41, 5.74) is 0.599. The van der Waals surface area contributed by atoms with Gasteiger partial charge in [0.1, 0.15) is 11.5 Å². The second kappa shape index (κ2) is 6.64. The van der Waals surface area contributed by atoms with Crippen LogP contribution in [0.25, 0.3) is 0 Å². The third-order valence-corrected chi connectivity index (χ3v) is 3.14. The molecule has 0 amide bonds. The molecule has 0 atom stereocenters. The molecule has 0 aromatic heterocycles. The van der Waals surface area contributed by atoms with Crippen molar-refractivity contribution in [2.45, 2.75) is 26.2 Å². The average molecular weight is 301 g/mol. The van der Waals surface area contributed by atoms with Gasteiger partial charge >= 0.3 is 0 Å². The van der Waals surface area contributed by atoms with Crippen LogP contribution >= 0.6 is 15.9 Å². The van der Waals surface area contributed by atoms with Gasteiger partial charge in [0.15, 0.2) is 5.78 Å². The van der Waals surface area contributed by atoms with Crippen LogP contribution < -0.4 is 9.47 Å². The Kier molecular flexibility index (Phi) is 5.48. The Hall–Kier alpha value is -1.03. The molecule has 0 bridgehead atoms. The molecule has 1 rings (SSSR count). The van der Waals surface area contributed by atoms with Gasteiger partial charge < -0.3 is 9.47 Å². The highest BCUT2D eigenvalue weighted by atomic mass is 79.9. The highest BCUT2D eigenvalue weighted by Gasteiger charge is 2.17. The van der Waals surface area contributed by atoms with E-state index in [4.69, 9.17) is 9.47 Å². The zero-order valence-electron chi connectivity index (χ0n) is 10.4. The third kappa shape index (κ3) is 3.46. The van der Waals surface area contributed by atoms with Gasteiger partial charge in [0.2, 0.25) is 0 Å². The van der Waals surface area contributed by atoms with Gasteiger partial charge in [0.25, 0.3) is 0 Å². The molecule has 1 aromatic carbocycles. The molecule has 1 aromatic rings. The summed E-state index contributed by atoms with van der Waals surface area (Å²) in [5, 5.41) is 0. The monoisotopic (exact) mass is 300 g/mol. The lowest BCUT2D eigenvalue weighted by atomic mass is 10.0. The standard InChI is InChI=1S/C13H17BrO3/c1-4-5-6-11(15)13-10(14)7-9(16-2)8-12(13)17-3/h7-8H,4-6H2,1-3H3. The Bertz CT molecular complexity index is 402. The number of rotatable bonds is 6. The first-order chi connectivity index (χ1) is 8.13. The molecule has 0 aliphatic rings. The van der Waals surface area contributed by atoms with Gasteiger partial charge in [0, 0.05) is 17.0 Å².